The molecule has 1 unspecified atom stereocenters. The summed E-state index contributed by atoms with van der Waals surface area (Å²) in [7, 11) is 1.93. The third-order valence-electron chi connectivity index (χ3n) is 2.69. The van der Waals surface area contributed by atoms with Gasteiger partial charge < -0.3 is 5.32 Å². The van der Waals surface area contributed by atoms with E-state index in [4.69, 9.17) is 11.6 Å². The zero-order valence-corrected chi connectivity index (χ0v) is 11.2. The standard InChI is InChI=1S/C13H13ClFNS/c1-8(16-2)12-5-6-13(17-12)9-3-4-11(15)10(14)7-9/h3-8,16H,1-2H3. The summed E-state index contributed by atoms with van der Waals surface area (Å²) in [5.41, 5.74) is 0.955. The average molecular weight is 270 g/mol. The highest BCUT2D eigenvalue weighted by molar-refractivity contribution is 7.15. The van der Waals surface area contributed by atoms with Gasteiger partial charge in [0.05, 0.1) is 5.02 Å². The summed E-state index contributed by atoms with van der Waals surface area (Å²) in [5.74, 6) is -0.379. The molecule has 0 aliphatic heterocycles. The van der Waals surface area contributed by atoms with Crippen molar-refractivity contribution in [1.29, 1.82) is 0 Å². The van der Waals surface area contributed by atoms with Crippen LogP contribution in [0.25, 0.3) is 10.4 Å². The van der Waals surface area contributed by atoms with E-state index in [1.165, 1.54) is 10.9 Å². The third kappa shape index (κ3) is 2.68. The van der Waals surface area contributed by atoms with Gasteiger partial charge in [-0.3, -0.25) is 0 Å². The Balaban J connectivity index is 2.33. The smallest absolute Gasteiger partial charge is 0.141 e. The van der Waals surface area contributed by atoms with Gasteiger partial charge in [0.1, 0.15) is 5.82 Å². The molecule has 1 nitrogen and oxygen atoms in total. The minimum absolute atomic E-state index is 0.166. The lowest BCUT2D eigenvalue weighted by Gasteiger charge is -2.06. The summed E-state index contributed by atoms with van der Waals surface area (Å²) in [6.07, 6.45) is 0. The van der Waals surface area contributed by atoms with E-state index in [0.29, 0.717) is 6.04 Å². The van der Waals surface area contributed by atoms with Crippen molar-refractivity contribution in [2.24, 2.45) is 0 Å². The summed E-state index contributed by atoms with van der Waals surface area (Å²) in [6, 6.07) is 9.26. The summed E-state index contributed by atoms with van der Waals surface area (Å²) in [6.45, 7) is 2.10. The van der Waals surface area contributed by atoms with E-state index >= 15 is 0 Å². The maximum absolute atomic E-state index is 13.1. The Kier molecular flexibility index (Phi) is 3.82. The van der Waals surface area contributed by atoms with E-state index in [-0.39, 0.29) is 10.8 Å². The highest BCUT2D eigenvalue weighted by atomic mass is 35.5. The molecular weight excluding hydrogens is 257 g/mol. The van der Waals surface area contributed by atoms with Gasteiger partial charge in [0, 0.05) is 15.8 Å². The molecule has 2 aromatic rings. The van der Waals surface area contributed by atoms with Gasteiger partial charge in [0.25, 0.3) is 0 Å². The molecule has 1 atom stereocenters. The second kappa shape index (κ2) is 5.17. The Morgan fingerprint density at radius 1 is 1.29 bits per heavy atom. The Morgan fingerprint density at radius 3 is 2.71 bits per heavy atom. The Labute approximate surface area is 109 Å². The van der Waals surface area contributed by atoms with Crippen molar-refractivity contribution in [3.05, 3.63) is 46.0 Å². The number of hydrogen-bond donors (Lipinski definition) is 1. The fourth-order valence-electron chi connectivity index (χ4n) is 1.53. The average Bonchev–Trinajstić information content (AvgIpc) is 2.81. The number of thiophene rings is 1. The predicted octanol–water partition coefficient (Wildman–Crippen LogP) is 4.49. The molecule has 1 heterocycles. The lowest BCUT2D eigenvalue weighted by molar-refractivity contribution is 0.628. The largest absolute Gasteiger partial charge is 0.313 e. The van der Waals surface area contributed by atoms with Crippen molar-refractivity contribution in [3.63, 3.8) is 0 Å². The fraction of sp³-hybridized carbons (Fsp3) is 0.231. The number of halogens is 2. The van der Waals surface area contributed by atoms with Crippen LogP contribution in [0.2, 0.25) is 5.02 Å². The van der Waals surface area contributed by atoms with Gasteiger partial charge in [-0.05, 0) is 43.8 Å². The molecule has 4 heteroatoms. The van der Waals surface area contributed by atoms with Gasteiger partial charge in [-0.1, -0.05) is 17.7 Å². The monoisotopic (exact) mass is 269 g/mol. The molecule has 0 amide bonds. The Bertz CT molecular complexity index is 524. The van der Waals surface area contributed by atoms with E-state index in [1.807, 2.05) is 13.1 Å². The molecule has 0 saturated carbocycles. The lowest BCUT2D eigenvalue weighted by atomic mass is 10.2. The Morgan fingerprint density at radius 2 is 2.06 bits per heavy atom. The first kappa shape index (κ1) is 12.6. The van der Waals surface area contributed by atoms with Crippen LogP contribution in [0.3, 0.4) is 0 Å². The van der Waals surface area contributed by atoms with Gasteiger partial charge in [-0.2, -0.15) is 0 Å². The summed E-state index contributed by atoms with van der Waals surface area (Å²) in [5, 5.41) is 3.36. The number of benzene rings is 1. The fourth-order valence-corrected chi connectivity index (χ4v) is 2.78. The Hall–Kier alpha value is -0.900. The van der Waals surface area contributed by atoms with E-state index in [1.54, 1.807) is 23.5 Å². The first-order chi connectivity index (χ1) is 8.11. The number of rotatable bonds is 3. The molecule has 0 radical (unpaired) electrons. The molecule has 0 aliphatic carbocycles. The van der Waals surface area contributed by atoms with E-state index < -0.39 is 0 Å². The van der Waals surface area contributed by atoms with Crippen LogP contribution >= 0.6 is 22.9 Å². The third-order valence-corrected chi connectivity index (χ3v) is 4.30. The zero-order valence-electron chi connectivity index (χ0n) is 9.63. The molecule has 0 aliphatic rings. The molecule has 0 saturated heterocycles. The van der Waals surface area contributed by atoms with Crippen LogP contribution in [-0.2, 0) is 0 Å². The van der Waals surface area contributed by atoms with E-state index in [9.17, 15) is 4.39 Å². The van der Waals surface area contributed by atoms with Gasteiger partial charge in [0.2, 0.25) is 0 Å². The van der Waals surface area contributed by atoms with Crippen LogP contribution in [0, 0.1) is 5.82 Å². The van der Waals surface area contributed by atoms with Gasteiger partial charge in [0.15, 0.2) is 0 Å². The molecule has 0 fully saturated rings. The normalized spacial score (nSPS) is 12.7. The van der Waals surface area contributed by atoms with Crippen molar-refractivity contribution in [2.45, 2.75) is 13.0 Å². The summed E-state index contributed by atoms with van der Waals surface area (Å²) >= 11 is 7.47. The molecule has 1 aromatic heterocycles. The number of hydrogen-bond acceptors (Lipinski definition) is 2. The second-order valence-electron chi connectivity index (χ2n) is 3.84. The highest BCUT2D eigenvalue weighted by Crippen LogP contribution is 2.33. The van der Waals surface area contributed by atoms with Crippen LogP contribution in [0.5, 0.6) is 0 Å². The maximum Gasteiger partial charge on any atom is 0.141 e. The number of nitrogens with one attached hydrogen (secondary N) is 1. The van der Waals surface area contributed by atoms with Crippen molar-refractivity contribution in [1.82, 2.24) is 5.32 Å². The van der Waals surface area contributed by atoms with Crippen molar-refractivity contribution in [2.75, 3.05) is 7.05 Å². The summed E-state index contributed by atoms with van der Waals surface area (Å²) in [4.78, 5) is 2.35. The van der Waals surface area contributed by atoms with Crippen molar-refractivity contribution >= 4 is 22.9 Å². The van der Waals surface area contributed by atoms with Crippen LogP contribution in [0.4, 0.5) is 4.39 Å². The van der Waals surface area contributed by atoms with Crippen LogP contribution < -0.4 is 5.32 Å². The highest BCUT2D eigenvalue weighted by Gasteiger charge is 2.09. The topological polar surface area (TPSA) is 12.0 Å². The minimum Gasteiger partial charge on any atom is -0.313 e. The quantitative estimate of drug-likeness (QED) is 0.866. The van der Waals surface area contributed by atoms with Gasteiger partial charge in [-0.25, -0.2) is 4.39 Å². The zero-order chi connectivity index (χ0) is 12.4. The predicted molar refractivity (Wildman–Crippen MR) is 72.2 cm³/mol. The molecule has 90 valence electrons. The van der Waals surface area contributed by atoms with Crippen LogP contribution in [0.1, 0.15) is 17.8 Å². The molecule has 17 heavy (non-hydrogen) atoms. The molecule has 2 rings (SSSR count). The van der Waals surface area contributed by atoms with E-state index in [2.05, 4.69) is 18.3 Å². The molecule has 1 aromatic carbocycles. The SMILES string of the molecule is CNC(C)c1ccc(-c2ccc(F)c(Cl)c2)s1. The van der Waals surface area contributed by atoms with Crippen LogP contribution in [-0.4, -0.2) is 7.05 Å². The molecule has 1 N–H and O–H groups in total. The first-order valence-corrected chi connectivity index (χ1v) is 6.53. The molecule has 0 bridgehead atoms. The van der Waals surface area contributed by atoms with Crippen LogP contribution in [0.15, 0.2) is 30.3 Å². The first-order valence-electron chi connectivity index (χ1n) is 5.34. The van der Waals surface area contributed by atoms with Gasteiger partial charge >= 0.3 is 0 Å². The maximum atomic E-state index is 13.1. The van der Waals surface area contributed by atoms with Crippen molar-refractivity contribution in [3.8, 4) is 10.4 Å². The second-order valence-corrected chi connectivity index (χ2v) is 5.36. The van der Waals surface area contributed by atoms with Crippen molar-refractivity contribution < 1.29 is 4.39 Å². The summed E-state index contributed by atoms with van der Waals surface area (Å²) < 4.78 is 13.1. The molecular formula is C13H13ClFNS. The van der Waals surface area contributed by atoms with Gasteiger partial charge in [-0.15, -0.1) is 11.3 Å². The van der Waals surface area contributed by atoms with E-state index in [0.717, 1.165) is 10.4 Å². The minimum atomic E-state index is -0.379. The molecule has 0 spiro atoms. The lowest BCUT2D eigenvalue weighted by Crippen LogP contribution is -2.10.